The molecule has 0 radical (unpaired) electrons. The lowest BCUT2D eigenvalue weighted by molar-refractivity contribution is -0.385. The highest BCUT2D eigenvalue weighted by Crippen LogP contribution is 2.29. The zero-order valence-electron chi connectivity index (χ0n) is 12.8. The Balaban J connectivity index is 1.88. The van der Waals surface area contributed by atoms with Gasteiger partial charge >= 0.3 is 0 Å². The Kier molecular flexibility index (Phi) is 4.11. The number of nitrogens with zero attached hydrogens (tertiary/aromatic N) is 3. The second-order valence-electron chi connectivity index (χ2n) is 5.14. The number of rotatable bonds is 4. The molecular weight excluding hydrogens is 348 g/mol. The molecule has 0 fully saturated rings. The SMILES string of the molecule is Cc1ccc(C(=O)Nc2nc3ccc([N+](=O)[O-])cc3s2)cc1[N+](=O)[O-]. The fourth-order valence-electron chi connectivity index (χ4n) is 2.20. The van der Waals surface area contributed by atoms with Crippen LogP contribution in [0.5, 0.6) is 0 Å². The van der Waals surface area contributed by atoms with Gasteiger partial charge in [-0.25, -0.2) is 4.98 Å². The number of nitro groups is 2. The first-order valence-electron chi connectivity index (χ1n) is 6.96. The molecule has 1 amide bonds. The van der Waals surface area contributed by atoms with Gasteiger partial charge in [-0.3, -0.25) is 30.3 Å². The summed E-state index contributed by atoms with van der Waals surface area (Å²) >= 11 is 1.08. The van der Waals surface area contributed by atoms with Crippen LogP contribution in [0.25, 0.3) is 10.2 Å². The number of carbonyl (C=O) groups is 1. The summed E-state index contributed by atoms with van der Waals surface area (Å²) in [5, 5.41) is 24.6. The summed E-state index contributed by atoms with van der Waals surface area (Å²) < 4.78 is 0.555. The lowest BCUT2D eigenvalue weighted by atomic mass is 10.1. The molecule has 2 aromatic carbocycles. The third kappa shape index (κ3) is 3.28. The van der Waals surface area contributed by atoms with Gasteiger partial charge in [-0.05, 0) is 19.1 Å². The molecule has 10 heteroatoms. The van der Waals surface area contributed by atoms with E-state index in [0.29, 0.717) is 15.8 Å². The molecule has 0 saturated carbocycles. The van der Waals surface area contributed by atoms with E-state index in [1.807, 2.05) is 0 Å². The molecule has 0 saturated heterocycles. The van der Waals surface area contributed by atoms with Crippen molar-refractivity contribution in [1.82, 2.24) is 4.98 Å². The van der Waals surface area contributed by atoms with Gasteiger partial charge in [-0.2, -0.15) is 0 Å². The molecule has 0 aliphatic rings. The van der Waals surface area contributed by atoms with Crippen LogP contribution < -0.4 is 5.32 Å². The first-order valence-corrected chi connectivity index (χ1v) is 7.78. The lowest BCUT2D eigenvalue weighted by Crippen LogP contribution is -2.12. The number of benzene rings is 2. The second-order valence-corrected chi connectivity index (χ2v) is 6.17. The first kappa shape index (κ1) is 16.5. The van der Waals surface area contributed by atoms with Gasteiger partial charge in [0.2, 0.25) is 0 Å². The van der Waals surface area contributed by atoms with Crippen molar-refractivity contribution in [1.29, 1.82) is 0 Å². The number of nitrogens with one attached hydrogen (secondary N) is 1. The van der Waals surface area contributed by atoms with Crippen LogP contribution in [0.3, 0.4) is 0 Å². The van der Waals surface area contributed by atoms with Gasteiger partial charge in [-0.1, -0.05) is 17.4 Å². The molecule has 0 bridgehead atoms. The summed E-state index contributed by atoms with van der Waals surface area (Å²) in [5.41, 5.74) is 0.882. The number of amides is 1. The molecule has 1 aromatic heterocycles. The first-order chi connectivity index (χ1) is 11.8. The molecule has 1 heterocycles. The Morgan fingerprint density at radius 2 is 1.88 bits per heavy atom. The molecule has 9 nitrogen and oxygen atoms in total. The molecule has 3 aromatic rings. The molecule has 25 heavy (non-hydrogen) atoms. The third-order valence-corrected chi connectivity index (χ3v) is 4.40. The maximum atomic E-state index is 12.3. The van der Waals surface area contributed by atoms with Crippen LogP contribution in [0.2, 0.25) is 0 Å². The maximum absolute atomic E-state index is 12.3. The lowest BCUT2D eigenvalue weighted by Gasteiger charge is -2.03. The molecule has 126 valence electrons. The van der Waals surface area contributed by atoms with E-state index in [1.54, 1.807) is 6.92 Å². The van der Waals surface area contributed by atoms with E-state index in [9.17, 15) is 25.0 Å². The van der Waals surface area contributed by atoms with Crippen LogP contribution in [0.15, 0.2) is 36.4 Å². The molecular formula is C15H10N4O5S. The minimum absolute atomic E-state index is 0.0665. The minimum Gasteiger partial charge on any atom is -0.298 e. The van der Waals surface area contributed by atoms with E-state index in [2.05, 4.69) is 10.3 Å². The van der Waals surface area contributed by atoms with Crippen molar-refractivity contribution < 1.29 is 14.6 Å². The molecule has 0 aliphatic heterocycles. The predicted molar refractivity (Wildman–Crippen MR) is 92.1 cm³/mol. The fourth-order valence-corrected chi connectivity index (χ4v) is 3.09. The van der Waals surface area contributed by atoms with E-state index < -0.39 is 15.8 Å². The highest BCUT2D eigenvalue weighted by atomic mass is 32.1. The van der Waals surface area contributed by atoms with Crippen molar-refractivity contribution in [3.8, 4) is 0 Å². The highest BCUT2D eigenvalue weighted by Gasteiger charge is 2.17. The number of anilines is 1. The van der Waals surface area contributed by atoms with Gasteiger partial charge in [-0.15, -0.1) is 0 Å². The van der Waals surface area contributed by atoms with E-state index in [1.165, 1.54) is 36.4 Å². The zero-order chi connectivity index (χ0) is 18.1. The number of thiazole rings is 1. The molecule has 0 spiro atoms. The van der Waals surface area contributed by atoms with Crippen LogP contribution in [0.1, 0.15) is 15.9 Å². The molecule has 0 aliphatic carbocycles. The second kappa shape index (κ2) is 6.24. The summed E-state index contributed by atoms with van der Waals surface area (Å²) in [6, 6.07) is 8.38. The summed E-state index contributed by atoms with van der Waals surface area (Å²) in [6.45, 7) is 1.58. The quantitative estimate of drug-likeness (QED) is 0.559. The third-order valence-electron chi connectivity index (χ3n) is 3.47. The highest BCUT2D eigenvalue weighted by molar-refractivity contribution is 7.22. The monoisotopic (exact) mass is 358 g/mol. The van der Waals surface area contributed by atoms with Crippen molar-refractivity contribution in [2.24, 2.45) is 0 Å². The number of aryl methyl sites for hydroxylation is 1. The predicted octanol–water partition coefficient (Wildman–Crippen LogP) is 3.67. The summed E-state index contributed by atoms with van der Waals surface area (Å²) in [5.74, 6) is -0.545. The van der Waals surface area contributed by atoms with Gasteiger partial charge in [0.1, 0.15) is 0 Å². The van der Waals surface area contributed by atoms with E-state index in [0.717, 1.165) is 11.3 Å². The number of non-ortho nitro benzene ring substituents is 1. The van der Waals surface area contributed by atoms with Crippen LogP contribution in [-0.2, 0) is 0 Å². The van der Waals surface area contributed by atoms with Crippen LogP contribution in [0.4, 0.5) is 16.5 Å². The van der Waals surface area contributed by atoms with E-state index in [-0.39, 0.29) is 22.1 Å². The van der Waals surface area contributed by atoms with Crippen molar-refractivity contribution in [2.75, 3.05) is 5.32 Å². The Morgan fingerprint density at radius 3 is 2.56 bits per heavy atom. The number of hydrogen-bond donors (Lipinski definition) is 1. The Morgan fingerprint density at radius 1 is 1.12 bits per heavy atom. The standard InChI is InChI=1S/C15H10N4O5S/c1-8-2-3-9(6-12(8)19(23)24)14(20)17-15-16-11-5-4-10(18(21)22)7-13(11)25-15/h2-7H,1H3,(H,16,17,20). The van der Waals surface area contributed by atoms with Crippen molar-refractivity contribution in [3.05, 3.63) is 67.8 Å². The van der Waals surface area contributed by atoms with Gasteiger partial charge in [0.15, 0.2) is 5.13 Å². The Labute approximate surface area is 144 Å². The fraction of sp³-hybridized carbons (Fsp3) is 0.0667. The van der Waals surface area contributed by atoms with Crippen LogP contribution in [0, 0.1) is 27.2 Å². The Hall–Kier alpha value is -3.40. The topological polar surface area (TPSA) is 128 Å². The van der Waals surface area contributed by atoms with Gasteiger partial charge in [0.05, 0.1) is 20.1 Å². The average molecular weight is 358 g/mol. The largest absolute Gasteiger partial charge is 0.298 e. The number of fused-ring (bicyclic) bond motifs is 1. The number of aromatic nitrogens is 1. The van der Waals surface area contributed by atoms with Crippen molar-refractivity contribution in [3.63, 3.8) is 0 Å². The summed E-state index contributed by atoms with van der Waals surface area (Å²) in [7, 11) is 0. The van der Waals surface area contributed by atoms with Gasteiger partial charge in [0, 0.05) is 29.3 Å². The average Bonchev–Trinajstić information content (AvgIpc) is 2.95. The van der Waals surface area contributed by atoms with Crippen molar-refractivity contribution in [2.45, 2.75) is 6.92 Å². The molecule has 1 N–H and O–H groups in total. The smallest absolute Gasteiger partial charge is 0.273 e. The normalized spacial score (nSPS) is 10.6. The number of hydrogen-bond acceptors (Lipinski definition) is 7. The molecule has 3 rings (SSSR count). The molecule has 0 unspecified atom stereocenters. The summed E-state index contributed by atoms with van der Waals surface area (Å²) in [4.78, 5) is 37.2. The maximum Gasteiger partial charge on any atom is 0.273 e. The number of nitro benzene ring substituents is 2. The van der Waals surface area contributed by atoms with Crippen molar-refractivity contribution >= 4 is 44.0 Å². The zero-order valence-corrected chi connectivity index (χ0v) is 13.6. The van der Waals surface area contributed by atoms with Gasteiger partial charge in [0.25, 0.3) is 17.3 Å². The summed E-state index contributed by atoms with van der Waals surface area (Å²) in [6.07, 6.45) is 0. The van der Waals surface area contributed by atoms with Gasteiger partial charge < -0.3 is 0 Å². The molecule has 0 atom stereocenters. The van der Waals surface area contributed by atoms with E-state index >= 15 is 0 Å². The van der Waals surface area contributed by atoms with E-state index in [4.69, 9.17) is 0 Å². The van der Waals surface area contributed by atoms with Crippen LogP contribution >= 0.6 is 11.3 Å². The van der Waals surface area contributed by atoms with Crippen LogP contribution in [-0.4, -0.2) is 20.7 Å². The Bertz CT molecular complexity index is 1030. The minimum atomic E-state index is -0.553. The number of carbonyl (C=O) groups excluding carboxylic acids is 1.